The molecule has 0 aliphatic heterocycles. The van der Waals surface area contributed by atoms with Gasteiger partial charge in [0.2, 0.25) is 0 Å². The molecule has 0 atom stereocenters. The van der Waals surface area contributed by atoms with E-state index in [0.717, 1.165) is 51.6 Å². The Morgan fingerprint density at radius 1 is 0.714 bits per heavy atom. The van der Waals surface area contributed by atoms with Crippen LogP contribution >= 0.6 is 0 Å². The van der Waals surface area contributed by atoms with Gasteiger partial charge in [0.05, 0.1) is 0 Å². The van der Waals surface area contributed by atoms with Crippen molar-refractivity contribution in [2.45, 2.75) is 114 Å². The first-order valence-electron chi connectivity index (χ1n) is 13.9. The molecule has 3 aromatic heterocycles. The molecule has 3 rings (SSSR count). The molecule has 242 valence electrons. The fraction of sp³-hybridized carbons (Fsp3) is 0.459. The number of rotatable bonds is 9. The average Bonchev–Trinajstić information content (AvgIpc) is 3.67. The van der Waals surface area contributed by atoms with Crippen molar-refractivity contribution in [3.05, 3.63) is 125 Å². The van der Waals surface area contributed by atoms with E-state index in [2.05, 4.69) is 88.1 Å². The normalized spacial score (nSPS) is 8.69. The Kier molecular flexibility index (Phi) is 48.0. The molecule has 0 saturated carbocycles. The van der Waals surface area contributed by atoms with Crippen LogP contribution in [0.1, 0.15) is 96.0 Å². The summed E-state index contributed by atoms with van der Waals surface area (Å²) >= 11 is 0. The van der Waals surface area contributed by atoms with Crippen LogP contribution in [0.15, 0.2) is 36.6 Å². The number of hydrogen-bond donors (Lipinski definition) is 1. The van der Waals surface area contributed by atoms with E-state index in [1.165, 1.54) is 39.7 Å². The Bertz CT molecular complexity index is 835. The standard InChI is InChI=1S/2C12H20N.C5H7.C4H4N.4CH3.2Ru/c2*1-5-10-9-13(8-4)12(7-3)11(10)6-2;1-3-5-4-2;1-2-4-5-3-1;;;;;;/h2*5-8H2,1-4H3;1,3-5H,2H3;1-3,5H;4*1H3;;/q8*-1;+2;+6. The van der Waals surface area contributed by atoms with Crippen LogP contribution in [0.2, 0.25) is 0 Å². The van der Waals surface area contributed by atoms with E-state index in [9.17, 15) is 0 Å². The second-order valence-electron chi connectivity index (χ2n) is 8.17. The third-order valence-corrected chi connectivity index (χ3v) is 6.08. The minimum atomic E-state index is 0. The van der Waals surface area contributed by atoms with E-state index in [1.807, 2.05) is 31.3 Å². The summed E-state index contributed by atoms with van der Waals surface area (Å²) in [5.74, 6) is 0. The fourth-order valence-electron chi connectivity index (χ4n) is 4.39. The maximum Gasteiger partial charge on any atom is 6.00 e. The number of nitrogens with one attached hydrogen (secondary N) is 1. The summed E-state index contributed by atoms with van der Waals surface area (Å²) in [6, 6.07) is 3.71. The van der Waals surface area contributed by atoms with Crippen molar-refractivity contribution in [3.8, 4) is 0 Å². The van der Waals surface area contributed by atoms with Crippen LogP contribution in [-0.2, 0) is 90.6 Å². The van der Waals surface area contributed by atoms with E-state index in [0.29, 0.717) is 0 Å². The van der Waals surface area contributed by atoms with Gasteiger partial charge in [0.1, 0.15) is 0 Å². The maximum atomic E-state index is 4.93. The van der Waals surface area contributed by atoms with Crippen molar-refractivity contribution in [1.29, 1.82) is 0 Å². The van der Waals surface area contributed by atoms with Crippen molar-refractivity contribution in [2.24, 2.45) is 0 Å². The molecule has 3 heterocycles. The average molecular weight is 752 g/mol. The van der Waals surface area contributed by atoms with Crippen LogP contribution in [0, 0.1) is 54.9 Å². The molecule has 3 aromatic rings. The first kappa shape index (κ1) is 56.4. The Morgan fingerprint density at radius 2 is 1.12 bits per heavy atom. The maximum absolute atomic E-state index is 4.93. The molecule has 0 radical (unpaired) electrons. The molecule has 0 spiro atoms. The number of hydrogen-bond acceptors (Lipinski definition) is 0. The van der Waals surface area contributed by atoms with Crippen molar-refractivity contribution in [2.75, 3.05) is 0 Å². The summed E-state index contributed by atoms with van der Waals surface area (Å²) in [5, 5.41) is 0. The number of H-pyrrole nitrogens is 1. The minimum Gasteiger partial charge on any atom is -0.484 e. The first-order chi connectivity index (χ1) is 17.5. The molecule has 0 fully saturated rings. The van der Waals surface area contributed by atoms with Gasteiger partial charge in [-0.2, -0.15) is 46.7 Å². The van der Waals surface area contributed by atoms with Gasteiger partial charge < -0.3 is 43.8 Å². The van der Waals surface area contributed by atoms with Gasteiger partial charge in [-0.05, 0) is 26.9 Å². The summed E-state index contributed by atoms with van der Waals surface area (Å²) < 4.78 is 4.55. The zero-order valence-electron chi connectivity index (χ0n) is 29.3. The second kappa shape index (κ2) is 35.8. The van der Waals surface area contributed by atoms with Gasteiger partial charge in [0, 0.05) is 0 Å². The number of nitrogens with zero attached hydrogens (tertiary/aromatic N) is 2. The quantitative estimate of drug-likeness (QED) is 0.128. The van der Waals surface area contributed by atoms with Gasteiger partial charge in [0.15, 0.2) is 0 Å². The summed E-state index contributed by atoms with van der Waals surface area (Å²) in [6.07, 6.45) is 23.4. The molecular weight excluding hydrogens is 689 g/mol. The molecule has 0 bridgehead atoms. The van der Waals surface area contributed by atoms with E-state index in [4.69, 9.17) is 6.58 Å². The smallest absolute Gasteiger partial charge is 0.484 e. The third-order valence-electron chi connectivity index (χ3n) is 6.08. The molecule has 0 amide bonds. The summed E-state index contributed by atoms with van der Waals surface area (Å²) in [5.41, 5.74) is 8.88. The van der Waals surface area contributed by atoms with E-state index < -0.39 is 0 Å². The molecule has 0 aliphatic rings. The molecule has 5 heteroatoms. The van der Waals surface area contributed by atoms with Gasteiger partial charge in [-0.15, -0.1) is 30.0 Å². The molecule has 0 unspecified atom stereocenters. The van der Waals surface area contributed by atoms with Crippen LogP contribution in [-0.4, -0.2) is 14.1 Å². The van der Waals surface area contributed by atoms with E-state index in [-0.39, 0.29) is 68.7 Å². The Balaban J connectivity index is -0.0000000798. The number of allylic oxidation sites excluding steroid dienone is 3. The van der Waals surface area contributed by atoms with Crippen molar-refractivity contribution in [1.82, 2.24) is 14.1 Å². The SMILES string of the molecule is CCc1[c-]n(CC)c(CC)c1CC.CCc1[c-]n(CC)c(CC)c1CC.[CH-]=CC=CC.[CH3-].[CH3-].[CH3-].[CH3-].[Ru+2].[Ru+6].[c-]1ccc[nH]1. The number of aromatic nitrogens is 3. The van der Waals surface area contributed by atoms with Crippen molar-refractivity contribution >= 4 is 0 Å². The summed E-state index contributed by atoms with van der Waals surface area (Å²) in [6.45, 7) is 26.7. The van der Waals surface area contributed by atoms with Crippen LogP contribution in [0.3, 0.4) is 0 Å². The van der Waals surface area contributed by atoms with Crippen molar-refractivity contribution in [3.63, 3.8) is 0 Å². The molecule has 0 aromatic carbocycles. The second-order valence-corrected chi connectivity index (χ2v) is 8.17. The first-order valence-corrected chi connectivity index (χ1v) is 13.9. The largest absolute Gasteiger partial charge is 6.00 e. The molecule has 3 nitrogen and oxygen atoms in total. The van der Waals surface area contributed by atoms with Gasteiger partial charge in [0.25, 0.3) is 0 Å². The molecule has 1 N–H and O–H groups in total. The zero-order valence-corrected chi connectivity index (χ0v) is 32.8. The molecule has 0 aliphatic carbocycles. The van der Waals surface area contributed by atoms with E-state index in [1.54, 1.807) is 6.08 Å². The monoisotopic (exact) mass is 753 g/mol. The molecule has 0 saturated heterocycles. The zero-order chi connectivity index (χ0) is 27.3. The Morgan fingerprint density at radius 3 is 1.26 bits per heavy atom. The van der Waals surface area contributed by atoms with Gasteiger partial charge in [-0.25, -0.2) is 12.2 Å². The Labute approximate surface area is 290 Å². The minimum absolute atomic E-state index is 0. The number of aromatic amines is 1. The van der Waals surface area contributed by atoms with Gasteiger partial charge in [-0.3, -0.25) is 6.58 Å². The predicted molar refractivity (Wildman–Crippen MR) is 183 cm³/mol. The van der Waals surface area contributed by atoms with Gasteiger partial charge >= 0.3 is 39.0 Å². The topological polar surface area (TPSA) is 25.6 Å². The van der Waals surface area contributed by atoms with Crippen LogP contribution in [0.5, 0.6) is 0 Å². The molecule has 42 heavy (non-hydrogen) atoms. The third kappa shape index (κ3) is 19.0. The Hall–Kier alpha value is -1.43. The fourth-order valence-corrected chi connectivity index (χ4v) is 4.39. The van der Waals surface area contributed by atoms with Crippen LogP contribution in [0.25, 0.3) is 0 Å². The predicted octanol–water partition coefficient (Wildman–Crippen LogP) is 10.2. The van der Waals surface area contributed by atoms with Gasteiger partial charge in [-0.1, -0.05) is 87.0 Å². The summed E-state index contributed by atoms with van der Waals surface area (Å²) in [7, 11) is 0. The molecular formula is C37H63N3Ru2. The van der Waals surface area contributed by atoms with E-state index >= 15 is 0 Å². The van der Waals surface area contributed by atoms with Crippen molar-refractivity contribution < 1.29 is 39.0 Å². The van der Waals surface area contributed by atoms with Crippen LogP contribution in [0.4, 0.5) is 0 Å². The van der Waals surface area contributed by atoms with Crippen LogP contribution < -0.4 is 0 Å². The summed E-state index contributed by atoms with van der Waals surface area (Å²) in [4.78, 5) is 2.74. The number of aryl methyl sites for hydroxylation is 4.